The molecule has 0 fully saturated rings. The van der Waals surface area contributed by atoms with Gasteiger partial charge in [-0.3, -0.25) is 0 Å². The number of hydrogen-bond acceptors (Lipinski definition) is 6. The van der Waals surface area contributed by atoms with Crippen LogP contribution in [0, 0.1) is 0 Å². The fourth-order valence-electron chi connectivity index (χ4n) is 4.33. The van der Waals surface area contributed by atoms with Crippen molar-refractivity contribution in [2.75, 3.05) is 26.0 Å². The third-order valence-electron chi connectivity index (χ3n) is 6.15. The number of hydrogen-bond donors (Lipinski definition) is 2. The fourth-order valence-corrected chi connectivity index (χ4v) is 5.69. The summed E-state index contributed by atoms with van der Waals surface area (Å²) in [5.74, 6) is -0.119. The average Bonchev–Trinajstić information content (AvgIpc) is 2.92. The molecule has 1 unspecified atom stereocenters. The second-order valence-corrected chi connectivity index (χ2v) is 10.4. The predicted molar refractivity (Wildman–Crippen MR) is 143 cm³/mol. The molecule has 0 aliphatic rings. The van der Waals surface area contributed by atoms with Crippen molar-refractivity contribution < 1.29 is 27.8 Å². The van der Waals surface area contributed by atoms with Crippen molar-refractivity contribution in [1.29, 1.82) is 0 Å². The van der Waals surface area contributed by atoms with Gasteiger partial charge in [0.05, 0.1) is 12.9 Å². The third-order valence-corrected chi connectivity index (χ3v) is 7.56. The molecule has 1 atom stereocenters. The van der Waals surface area contributed by atoms with Gasteiger partial charge in [-0.1, -0.05) is 72.8 Å². The van der Waals surface area contributed by atoms with E-state index in [1.165, 1.54) is 0 Å². The fraction of sp³-hybridized carbons (Fsp3) is 0.207. The highest BCUT2D eigenvalue weighted by Crippen LogP contribution is 2.29. The van der Waals surface area contributed by atoms with Gasteiger partial charge < -0.3 is 14.6 Å². The summed E-state index contributed by atoms with van der Waals surface area (Å²) in [6.45, 7) is -0.495. The summed E-state index contributed by atoms with van der Waals surface area (Å²) in [7, 11) is -2.03. The van der Waals surface area contributed by atoms with Crippen molar-refractivity contribution in [1.82, 2.24) is 4.72 Å². The van der Waals surface area contributed by atoms with Gasteiger partial charge in [0.25, 0.3) is 0 Å². The summed E-state index contributed by atoms with van der Waals surface area (Å²) in [5.41, 5.74) is 2.71. The summed E-state index contributed by atoms with van der Waals surface area (Å²) in [6.07, 6.45) is 0.451. The Hall–Kier alpha value is -3.72. The minimum Gasteiger partial charge on any atom is -0.497 e. The first-order valence-electron chi connectivity index (χ1n) is 11.9. The van der Waals surface area contributed by atoms with E-state index in [1.54, 1.807) is 19.2 Å². The van der Waals surface area contributed by atoms with Crippen LogP contribution in [0.15, 0.2) is 91.0 Å². The van der Waals surface area contributed by atoms with Crippen molar-refractivity contribution in [2.24, 2.45) is 0 Å². The molecule has 0 saturated heterocycles. The van der Waals surface area contributed by atoms with Crippen molar-refractivity contribution in [2.45, 2.75) is 12.3 Å². The van der Waals surface area contributed by atoms with E-state index in [0.29, 0.717) is 23.3 Å². The van der Waals surface area contributed by atoms with Crippen LogP contribution in [0.3, 0.4) is 0 Å². The zero-order valence-electron chi connectivity index (χ0n) is 20.5. The molecule has 4 rings (SSSR count). The maximum absolute atomic E-state index is 13.2. The SMILES string of the molecule is COc1ccc(C(CS(=O)(=O)NCCc2cccc3c(OC(=O)CO)cccc23)c2ccccc2)cc1. The molecule has 0 aliphatic carbocycles. The van der Waals surface area contributed by atoms with Crippen LogP contribution in [0.5, 0.6) is 11.5 Å². The number of fused-ring (bicyclic) bond motifs is 1. The minimum atomic E-state index is -3.62. The molecule has 0 saturated carbocycles. The highest BCUT2D eigenvalue weighted by atomic mass is 32.2. The Morgan fingerprint density at radius 2 is 1.54 bits per heavy atom. The first-order valence-corrected chi connectivity index (χ1v) is 13.5. The monoisotopic (exact) mass is 519 g/mol. The lowest BCUT2D eigenvalue weighted by Gasteiger charge is -2.19. The smallest absolute Gasteiger partial charge is 0.337 e. The van der Waals surface area contributed by atoms with E-state index in [2.05, 4.69) is 4.72 Å². The number of ether oxygens (including phenoxy) is 2. The summed E-state index contributed by atoms with van der Waals surface area (Å²) in [5, 5.41) is 10.6. The number of rotatable bonds is 11. The van der Waals surface area contributed by atoms with E-state index >= 15 is 0 Å². The van der Waals surface area contributed by atoms with E-state index in [0.717, 1.165) is 22.1 Å². The van der Waals surface area contributed by atoms with Crippen LogP contribution in [0.1, 0.15) is 22.6 Å². The number of nitrogens with one attached hydrogen (secondary N) is 1. The van der Waals surface area contributed by atoms with Crippen molar-refractivity contribution in [3.8, 4) is 11.5 Å². The summed E-state index contributed by atoms with van der Waals surface area (Å²) >= 11 is 0. The van der Waals surface area contributed by atoms with Crippen molar-refractivity contribution in [3.63, 3.8) is 0 Å². The number of carbonyl (C=O) groups excluding carboxylic acids is 1. The number of methoxy groups -OCH3 is 1. The van der Waals surface area contributed by atoms with Crippen LogP contribution in [-0.2, 0) is 21.2 Å². The Morgan fingerprint density at radius 3 is 2.24 bits per heavy atom. The van der Waals surface area contributed by atoms with Crippen LogP contribution < -0.4 is 14.2 Å². The molecule has 0 aliphatic heterocycles. The van der Waals surface area contributed by atoms with Crippen LogP contribution in [0.4, 0.5) is 0 Å². The minimum absolute atomic E-state index is 0.0971. The van der Waals surface area contributed by atoms with Crippen LogP contribution >= 0.6 is 0 Å². The molecule has 7 nitrogen and oxygen atoms in total. The molecule has 37 heavy (non-hydrogen) atoms. The lowest BCUT2D eigenvalue weighted by atomic mass is 9.93. The van der Waals surface area contributed by atoms with Gasteiger partial charge in [-0.25, -0.2) is 17.9 Å². The molecule has 2 N–H and O–H groups in total. The van der Waals surface area contributed by atoms with Gasteiger partial charge in [-0.05, 0) is 46.7 Å². The molecule has 0 amide bonds. The topological polar surface area (TPSA) is 102 Å². The molecule has 0 heterocycles. The first-order chi connectivity index (χ1) is 17.9. The molecule has 4 aromatic carbocycles. The molecule has 0 spiro atoms. The Balaban J connectivity index is 1.49. The third kappa shape index (κ3) is 6.74. The maximum atomic E-state index is 13.2. The summed E-state index contributed by atoms with van der Waals surface area (Å²) in [6, 6.07) is 27.9. The van der Waals surface area contributed by atoms with Gasteiger partial charge in [0.1, 0.15) is 18.1 Å². The Kier molecular flexibility index (Phi) is 8.55. The van der Waals surface area contributed by atoms with Crippen molar-refractivity contribution in [3.05, 3.63) is 108 Å². The number of esters is 1. The van der Waals surface area contributed by atoms with Gasteiger partial charge in [0.2, 0.25) is 10.0 Å². The second-order valence-electron chi connectivity index (χ2n) is 8.56. The quantitative estimate of drug-likeness (QED) is 0.229. The number of aliphatic hydroxyl groups is 1. The Bertz CT molecular complexity index is 1450. The molecule has 0 bridgehead atoms. The standard InChI is InChI=1S/C29H29NO6S/c1-35-24-15-13-23(14-16-24)27(21-7-3-2-4-8-21)20-37(33,34)30-18-17-22-9-5-11-26-25(22)10-6-12-28(26)36-29(32)19-31/h2-16,27,30-31H,17-20H2,1H3. The van der Waals surface area contributed by atoms with E-state index in [1.807, 2.05) is 78.9 Å². The number of benzene rings is 4. The Morgan fingerprint density at radius 1 is 0.865 bits per heavy atom. The lowest BCUT2D eigenvalue weighted by Crippen LogP contribution is -2.31. The normalized spacial score (nSPS) is 12.3. The molecule has 0 aromatic heterocycles. The molecule has 0 radical (unpaired) electrons. The first kappa shape index (κ1) is 26.3. The van der Waals surface area contributed by atoms with Gasteiger partial charge >= 0.3 is 5.97 Å². The largest absolute Gasteiger partial charge is 0.497 e. The average molecular weight is 520 g/mol. The lowest BCUT2D eigenvalue weighted by molar-refractivity contribution is -0.137. The second kappa shape index (κ2) is 12.0. The molecule has 192 valence electrons. The Labute approximate surface area is 216 Å². The van der Waals surface area contributed by atoms with Crippen molar-refractivity contribution >= 4 is 26.8 Å². The summed E-state index contributed by atoms with van der Waals surface area (Å²) in [4.78, 5) is 11.6. The maximum Gasteiger partial charge on any atom is 0.337 e. The highest BCUT2D eigenvalue weighted by molar-refractivity contribution is 7.89. The van der Waals surface area contributed by atoms with E-state index in [4.69, 9.17) is 14.6 Å². The zero-order valence-corrected chi connectivity index (χ0v) is 21.3. The van der Waals surface area contributed by atoms with Crippen LogP contribution in [0.2, 0.25) is 0 Å². The number of aliphatic hydroxyl groups excluding tert-OH is 1. The number of sulfonamides is 1. The van der Waals surface area contributed by atoms with Gasteiger partial charge in [-0.2, -0.15) is 0 Å². The van der Waals surface area contributed by atoms with Crippen LogP contribution in [0.25, 0.3) is 10.8 Å². The summed E-state index contributed by atoms with van der Waals surface area (Å²) < 4.78 is 39.5. The van der Waals surface area contributed by atoms with Crippen LogP contribution in [-0.4, -0.2) is 45.5 Å². The highest BCUT2D eigenvalue weighted by Gasteiger charge is 2.22. The number of carbonyl (C=O) groups is 1. The van der Waals surface area contributed by atoms with Gasteiger partial charge in [-0.15, -0.1) is 0 Å². The molecule has 4 aromatic rings. The molecular weight excluding hydrogens is 490 g/mol. The predicted octanol–water partition coefficient (Wildman–Crippen LogP) is 4.04. The van der Waals surface area contributed by atoms with E-state index in [9.17, 15) is 13.2 Å². The van der Waals surface area contributed by atoms with E-state index in [-0.39, 0.29) is 18.2 Å². The zero-order chi connectivity index (χ0) is 26.3. The van der Waals surface area contributed by atoms with Gasteiger partial charge in [0, 0.05) is 17.8 Å². The molecular formula is C29H29NO6S. The van der Waals surface area contributed by atoms with Gasteiger partial charge in [0.15, 0.2) is 0 Å². The van der Waals surface area contributed by atoms with E-state index < -0.39 is 22.6 Å². The molecule has 8 heteroatoms.